The van der Waals surface area contributed by atoms with Crippen LogP contribution < -0.4 is 4.57 Å². The van der Waals surface area contributed by atoms with Gasteiger partial charge in [0.15, 0.2) is 6.54 Å². The molecule has 0 aliphatic rings. The molecule has 0 radical (unpaired) electrons. The van der Waals surface area contributed by atoms with E-state index < -0.39 is 10.4 Å². The lowest BCUT2D eigenvalue weighted by Crippen LogP contribution is -2.24. The van der Waals surface area contributed by atoms with E-state index in [0.717, 1.165) is 32.3 Å². The first-order valence-corrected chi connectivity index (χ1v) is 13.0. The number of nitrogens with zero attached hydrogens (tertiary/aromatic N) is 2. The molecule has 0 aromatic carbocycles. The Labute approximate surface area is 199 Å². The summed E-state index contributed by atoms with van der Waals surface area (Å²) in [6.45, 7) is 7.10. The largest absolute Gasteiger partial charge is 0.726 e. The van der Waals surface area contributed by atoms with Gasteiger partial charge in [-0.15, -0.1) is 0 Å². The van der Waals surface area contributed by atoms with Crippen molar-refractivity contribution in [2.45, 2.75) is 71.8 Å². The van der Waals surface area contributed by atoms with Crippen LogP contribution >= 0.6 is 0 Å². The molecule has 0 saturated heterocycles. The molecular weight excluding hydrogens is 452 g/mol. The predicted octanol–water partition coefficient (Wildman–Crippen LogP) is 2.51. The van der Waals surface area contributed by atoms with Crippen LogP contribution in [0.3, 0.4) is 0 Å². The molecule has 0 unspecified atom stereocenters. The Morgan fingerprint density at radius 1 is 0.879 bits per heavy atom. The van der Waals surface area contributed by atoms with Crippen molar-refractivity contribution in [3.63, 3.8) is 0 Å². The number of aromatic nitrogens is 2. The van der Waals surface area contributed by atoms with Crippen LogP contribution in [0.25, 0.3) is 0 Å². The van der Waals surface area contributed by atoms with Crippen molar-refractivity contribution in [1.82, 2.24) is 4.57 Å². The van der Waals surface area contributed by atoms with Crippen molar-refractivity contribution in [3.8, 4) is 0 Å². The minimum absolute atomic E-state index is 0.0258. The van der Waals surface area contributed by atoms with Gasteiger partial charge in [-0.05, 0) is 12.8 Å². The Morgan fingerprint density at radius 3 is 2.09 bits per heavy atom. The molecular formula is C22H42N2O8S. The lowest BCUT2D eigenvalue weighted by atomic mass is 10.1. The van der Waals surface area contributed by atoms with E-state index in [-0.39, 0.29) is 25.7 Å². The molecule has 0 fully saturated rings. The van der Waals surface area contributed by atoms with Gasteiger partial charge in [-0.1, -0.05) is 52.4 Å². The van der Waals surface area contributed by atoms with Gasteiger partial charge in [-0.2, -0.15) is 0 Å². The summed E-state index contributed by atoms with van der Waals surface area (Å²) in [5, 5.41) is 0. The highest BCUT2D eigenvalue weighted by molar-refractivity contribution is 7.80. The molecule has 0 atom stereocenters. The van der Waals surface area contributed by atoms with E-state index in [0.29, 0.717) is 26.2 Å². The van der Waals surface area contributed by atoms with Gasteiger partial charge in [0.25, 0.3) is 0 Å². The molecule has 1 heterocycles. The summed E-state index contributed by atoms with van der Waals surface area (Å²) < 4.78 is 53.4. The van der Waals surface area contributed by atoms with Crippen LogP contribution in [-0.2, 0) is 47.2 Å². The zero-order chi connectivity index (χ0) is 24.8. The van der Waals surface area contributed by atoms with Crippen LogP contribution in [-0.4, -0.2) is 63.1 Å². The third-order valence-corrected chi connectivity index (χ3v) is 4.82. The molecule has 0 saturated carbocycles. The molecule has 0 spiro atoms. The number of esters is 1. The quantitative estimate of drug-likeness (QED) is 0.0946. The summed E-state index contributed by atoms with van der Waals surface area (Å²) in [4.78, 5) is 11.5. The van der Waals surface area contributed by atoms with Gasteiger partial charge >= 0.3 is 5.97 Å². The molecule has 194 valence electrons. The number of carbonyl (C=O) groups excluding carboxylic acids is 1. The average Bonchev–Trinajstić information content (AvgIpc) is 3.16. The molecule has 10 nitrogen and oxygen atoms in total. The molecule has 0 bridgehead atoms. The average molecular weight is 495 g/mol. The van der Waals surface area contributed by atoms with Gasteiger partial charge in [0.2, 0.25) is 16.7 Å². The molecule has 1 aromatic heterocycles. The summed E-state index contributed by atoms with van der Waals surface area (Å²) in [6, 6.07) is 0. The summed E-state index contributed by atoms with van der Waals surface area (Å²) >= 11 is 0. The summed E-state index contributed by atoms with van der Waals surface area (Å²) in [5.74, 6) is -0.260. The monoisotopic (exact) mass is 494 g/mol. The summed E-state index contributed by atoms with van der Waals surface area (Å²) in [7, 11) is -2.57. The third kappa shape index (κ3) is 23.4. The van der Waals surface area contributed by atoms with E-state index in [1.165, 1.54) is 19.3 Å². The Morgan fingerprint density at radius 2 is 1.48 bits per heavy atom. The second-order valence-corrected chi connectivity index (χ2v) is 8.60. The molecule has 1 aromatic rings. The first-order valence-electron chi connectivity index (χ1n) is 11.7. The zero-order valence-electron chi connectivity index (χ0n) is 20.4. The first-order chi connectivity index (χ1) is 15.8. The number of hydrogen-bond donors (Lipinski definition) is 0. The lowest BCUT2D eigenvalue weighted by molar-refractivity contribution is -0.671. The van der Waals surface area contributed by atoms with Crippen LogP contribution in [0.5, 0.6) is 0 Å². The van der Waals surface area contributed by atoms with Crippen molar-refractivity contribution in [3.05, 3.63) is 18.7 Å². The van der Waals surface area contributed by atoms with Crippen LogP contribution in [0.2, 0.25) is 0 Å². The number of unbranched alkanes of at least 4 members (excludes halogenated alkanes) is 6. The van der Waals surface area contributed by atoms with Crippen LogP contribution in [0.15, 0.2) is 18.7 Å². The summed E-state index contributed by atoms with van der Waals surface area (Å²) in [5.41, 5.74) is 0. The second-order valence-electron chi connectivity index (χ2n) is 7.55. The minimum Gasteiger partial charge on any atom is -0.726 e. The highest BCUT2D eigenvalue weighted by Gasteiger charge is 2.08. The molecule has 33 heavy (non-hydrogen) atoms. The topological polar surface area (TPSA) is 120 Å². The molecule has 11 heteroatoms. The molecule has 0 N–H and O–H groups in total. The number of ether oxygens (including phenoxy) is 3. The van der Waals surface area contributed by atoms with E-state index in [9.17, 15) is 17.8 Å². The van der Waals surface area contributed by atoms with Crippen molar-refractivity contribution < 1.29 is 40.7 Å². The third-order valence-electron chi connectivity index (χ3n) is 4.37. The number of rotatable bonds is 19. The summed E-state index contributed by atoms with van der Waals surface area (Å²) in [6.07, 6.45) is 13.9. The van der Waals surface area contributed by atoms with Gasteiger partial charge in [-0.25, -0.2) is 22.3 Å². The number of hydrogen-bond acceptors (Lipinski definition) is 8. The molecule has 1 rings (SSSR count). The van der Waals surface area contributed by atoms with Gasteiger partial charge in [0, 0.05) is 6.61 Å². The first kappa shape index (κ1) is 31.5. The Kier molecular flexibility index (Phi) is 20.1. The van der Waals surface area contributed by atoms with E-state index in [2.05, 4.69) is 18.0 Å². The van der Waals surface area contributed by atoms with E-state index in [4.69, 9.17) is 14.2 Å². The van der Waals surface area contributed by atoms with Crippen molar-refractivity contribution in [2.75, 3.05) is 39.6 Å². The Balaban J connectivity index is 0.000000684. The molecule has 0 amide bonds. The number of carbonyl (C=O) groups is 1. The second kappa shape index (κ2) is 21.0. The zero-order valence-corrected chi connectivity index (χ0v) is 21.2. The normalized spacial score (nSPS) is 11.2. The van der Waals surface area contributed by atoms with E-state index >= 15 is 0 Å². The highest BCUT2D eigenvalue weighted by atomic mass is 32.3. The Hall–Kier alpha value is -1.53. The van der Waals surface area contributed by atoms with Crippen LogP contribution in [0.4, 0.5) is 0 Å². The van der Waals surface area contributed by atoms with Crippen molar-refractivity contribution >= 4 is 16.4 Å². The smallest absolute Gasteiger partial charge is 0.348 e. The SMILES string of the molecule is CCCCCCCCOS(=O)(=O)[O-].CCCCOCCOCCOC(=O)Cn1cc[n+](C)c1. The maximum absolute atomic E-state index is 11.5. The van der Waals surface area contributed by atoms with Gasteiger partial charge < -0.3 is 18.8 Å². The van der Waals surface area contributed by atoms with E-state index in [1.807, 2.05) is 30.3 Å². The van der Waals surface area contributed by atoms with Crippen molar-refractivity contribution in [2.24, 2.45) is 7.05 Å². The lowest BCUT2D eigenvalue weighted by Gasteiger charge is -2.06. The maximum Gasteiger partial charge on any atom is 0.348 e. The van der Waals surface area contributed by atoms with Gasteiger partial charge in [0.05, 0.1) is 33.5 Å². The fourth-order valence-electron chi connectivity index (χ4n) is 2.62. The number of imidazole rings is 1. The standard InChI is InChI=1S/C14H25N2O4.C8H18O4S/c1-3-4-7-18-8-9-19-10-11-20-14(17)12-16-6-5-15(2)13-16;1-2-3-4-5-6-7-8-12-13(9,10)11/h5-6,13H,3-4,7-12H2,1-2H3;2-8H2,1H3,(H,9,10,11)/q+1;/p-1. The highest BCUT2D eigenvalue weighted by Crippen LogP contribution is 2.05. The van der Waals surface area contributed by atoms with Crippen molar-refractivity contribution in [1.29, 1.82) is 0 Å². The number of aryl methyl sites for hydroxylation is 1. The molecule has 0 aliphatic carbocycles. The molecule has 0 aliphatic heterocycles. The van der Waals surface area contributed by atoms with Crippen LogP contribution in [0, 0.1) is 0 Å². The Bertz CT molecular complexity index is 694. The predicted molar refractivity (Wildman–Crippen MR) is 122 cm³/mol. The minimum atomic E-state index is -4.47. The van der Waals surface area contributed by atoms with E-state index in [1.54, 1.807) is 4.57 Å². The fraction of sp³-hybridized carbons (Fsp3) is 0.818. The van der Waals surface area contributed by atoms with Crippen LogP contribution in [0.1, 0.15) is 65.2 Å². The fourth-order valence-corrected chi connectivity index (χ4v) is 2.94. The van der Waals surface area contributed by atoms with Gasteiger partial charge in [-0.3, -0.25) is 4.18 Å². The maximum atomic E-state index is 11.5. The van der Waals surface area contributed by atoms with Gasteiger partial charge in [0.1, 0.15) is 19.0 Å².